The van der Waals surface area contributed by atoms with Crippen molar-refractivity contribution in [3.63, 3.8) is 0 Å². The molecule has 8 nitrogen and oxygen atoms in total. The number of benzene rings is 1. The molecule has 0 bridgehead atoms. The van der Waals surface area contributed by atoms with Crippen LogP contribution in [0.2, 0.25) is 0 Å². The summed E-state index contributed by atoms with van der Waals surface area (Å²) in [5, 5.41) is 40.0. The van der Waals surface area contributed by atoms with Crippen LogP contribution in [0, 0.1) is 0 Å². The van der Waals surface area contributed by atoms with Crippen LogP contribution < -0.4 is 0 Å². The van der Waals surface area contributed by atoms with Crippen molar-refractivity contribution in [3.05, 3.63) is 35.4 Å². The normalized spacial score (nSPS) is 28.8. The number of hydrogen-bond donors (Lipinski definition) is 4. The average Bonchev–Trinajstić information content (AvgIpc) is 2.61. The summed E-state index contributed by atoms with van der Waals surface area (Å²) >= 11 is 0. The zero-order chi connectivity index (χ0) is 20.4. The lowest BCUT2D eigenvalue weighted by atomic mass is 9.87. The highest BCUT2D eigenvalue weighted by molar-refractivity contribution is 5.72. The lowest BCUT2D eigenvalue weighted by Gasteiger charge is -2.40. The van der Waals surface area contributed by atoms with Gasteiger partial charge in [0.25, 0.3) is 0 Å². The van der Waals surface area contributed by atoms with E-state index in [1.807, 2.05) is 24.3 Å². The Hall–Kier alpha value is -1.55. The van der Waals surface area contributed by atoms with Gasteiger partial charge in [-0.3, -0.25) is 4.79 Å². The Morgan fingerprint density at radius 3 is 2.19 bits per heavy atom. The third-order valence-electron chi connectivity index (χ3n) is 4.58. The second-order valence-corrected chi connectivity index (χ2v) is 7.81. The Balaban J connectivity index is 2.10. The van der Waals surface area contributed by atoms with Crippen LogP contribution in [0.15, 0.2) is 24.3 Å². The molecule has 152 valence electrons. The maximum Gasteiger partial charge on any atom is 0.243 e. The van der Waals surface area contributed by atoms with Crippen LogP contribution >= 0.6 is 0 Å². The minimum Gasteiger partial charge on any atom is -0.394 e. The molecular weight excluding hydrogens is 354 g/mol. The molecule has 0 aliphatic carbocycles. The van der Waals surface area contributed by atoms with Gasteiger partial charge in [-0.15, -0.1) is 0 Å². The highest BCUT2D eigenvalue weighted by Gasteiger charge is 2.45. The summed E-state index contributed by atoms with van der Waals surface area (Å²) in [5.41, 5.74) is 1.96. The molecule has 1 heterocycles. The average molecular weight is 383 g/mol. The van der Waals surface area contributed by atoms with Gasteiger partial charge in [0.05, 0.1) is 13.2 Å². The molecule has 4 N–H and O–H groups in total. The number of nitrogens with zero attached hydrogens (tertiary/aromatic N) is 1. The van der Waals surface area contributed by atoms with Crippen molar-refractivity contribution in [2.75, 3.05) is 6.61 Å². The molecule has 0 radical (unpaired) electrons. The van der Waals surface area contributed by atoms with Gasteiger partial charge < -0.3 is 25.2 Å². The highest BCUT2D eigenvalue weighted by atomic mass is 16.8. The van der Waals surface area contributed by atoms with Crippen LogP contribution in [0.5, 0.6) is 0 Å². The SMILES string of the molecule is CC(=O)N(Cc1ccc(C(C)(C)C)cc1)O[C@@H]1O[C@H](CO)[C@H](O)[C@H](O)[C@H]1O. The molecule has 27 heavy (non-hydrogen) atoms. The fourth-order valence-corrected chi connectivity index (χ4v) is 2.78. The Bertz CT molecular complexity index is 626. The monoisotopic (exact) mass is 383 g/mol. The van der Waals surface area contributed by atoms with Crippen molar-refractivity contribution in [3.8, 4) is 0 Å². The molecule has 1 aliphatic heterocycles. The summed E-state index contributed by atoms with van der Waals surface area (Å²) in [6.45, 7) is 7.14. The lowest BCUT2D eigenvalue weighted by Crippen LogP contribution is -2.60. The largest absolute Gasteiger partial charge is 0.394 e. The predicted octanol–water partition coefficient (Wildman–Crippen LogP) is 0.0641. The maximum absolute atomic E-state index is 12.0. The van der Waals surface area contributed by atoms with E-state index < -0.39 is 43.2 Å². The number of hydroxylamine groups is 2. The van der Waals surface area contributed by atoms with Gasteiger partial charge in [0, 0.05) is 6.92 Å². The van der Waals surface area contributed by atoms with Gasteiger partial charge in [0.1, 0.15) is 24.4 Å². The van der Waals surface area contributed by atoms with Crippen molar-refractivity contribution in [2.24, 2.45) is 0 Å². The molecule has 1 amide bonds. The van der Waals surface area contributed by atoms with Gasteiger partial charge in [0.15, 0.2) is 0 Å². The number of carbonyl (C=O) groups is 1. The zero-order valence-corrected chi connectivity index (χ0v) is 16.1. The van der Waals surface area contributed by atoms with Crippen LogP contribution in [0.3, 0.4) is 0 Å². The van der Waals surface area contributed by atoms with E-state index in [1.165, 1.54) is 6.92 Å². The molecule has 0 spiro atoms. The number of aliphatic hydroxyl groups is 4. The standard InChI is InChI=1S/C19H29NO7/c1-11(22)20(9-12-5-7-13(8-6-12)19(2,3)4)27-18-17(25)16(24)15(23)14(10-21)26-18/h5-8,14-18,21,23-25H,9-10H2,1-4H3/t14-,15+,16+,17-,18+/m1/s1. The van der Waals surface area contributed by atoms with Crippen LogP contribution in [0.1, 0.15) is 38.8 Å². The lowest BCUT2D eigenvalue weighted by molar-refractivity contribution is -0.354. The quantitative estimate of drug-likeness (QED) is 0.531. The fraction of sp³-hybridized carbons (Fsp3) is 0.632. The van der Waals surface area contributed by atoms with Crippen LogP contribution in [-0.4, -0.2) is 68.7 Å². The summed E-state index contributed by atoms with van der Waals surface area (Å²) in [6, 6.07) is 7.71. The summed E-state index contributed by atoms with van der Waals surface area (Å²) in [6.07, 6.45) is -7.14. The third kappa shape index (κ3) is 5.25. The van der Waals surface area contributed by atoms with E-state index in [9.17, 15) is 25.2 Å². The number of hydrogen-bond acceptors (Lipinski definition) is 7. The summed E-state index contributed by atoms with van der Waals surface area (Å²) in [7, 11) is 0. The van der Waals surface area contributed by atoms with Crippen LogP contribution in [0.4, 0.5) is 0 Å². The first-order valence-electron chi connectivity index (χ1n) is 8.89. The first-order chi connectivity index (χ1) is 12.5. The molecule has 1 saturated heterocycles. The van der Waals surface area contributed by atoms with Gasteiger partial charge in [-0.05, 0) is 16.5 Å². The van der Waals surface area contributed by atoms with E-state index >= 15 is 0 Å². The molecule has 1 aromatic carbocycles. The van der Waals surface area contributed by atoms with Crippen molar-refractivity contribution in [1.29, 1.82) is 0 Å². The zero-order valence-electron chi connectivity index (χ0n) is 16.1. The molecule has 5 atom stereocenters. The number of ether oxygens (including phenoxy) is 1. The van der Waals surface area contributed by atoms with Gasteiger partial charge in [0.2, 0.25) is 12.2 Å². The third-order valence-corrected chi connectivity index (χ3v) is 4.58. The summed E-state index contributed by atoms with van der Waals surface area (Å²) in [4.78, 5) is 17.4. The van der Waals surface area contributed by atoms with Crippen molar-refractivity contribution in [2.45, 2.75) is 70.4 Å². The fourth-order valence-electron chi connectivity index (χ4n) is 2.78. The molecule has 1 fully saturated rings. The van der Waals surface area contributed by atoms with Crippen LogP contribution in [0.25, 0.3) is 0 Å². The van der Waals surface area contributed by atoms with E-state index in [0.29, 0.717) is 0 Å². The maximum atomic E-state index is 12.0. The molecule has 1 aromatic rings. The molecule has 1 aliphatic rings. The minimum atomic E-state index is -1.58. The Morgan fingerprint density at radius 1 is 1.11 bits per heavy atom. The van der Waals surface area contributed by atoms with Crippen LogP contribution in [-0.2, 0) is 26.3 Å². The Morgan fingerprint density at radius 2 is 1.70 bits per heavy atom. The van der Waals surface area contributed by atoms with Gasteiger partial charge >= 0.3 is 0 Å². The Labute approximate surface area is 158 Å². The highest BCUT2D eigenvalue weighted by Crippen LogP contribution is 2.25. The van der Waals surface area contributed by atoms with Crippen molar-refractivity contribution in [1.82, 2.24) is 5.06 Å². The minimum absolute atomic E-state index is 0.00558. The van der Waals surface area contributed by atoms with Gasteiger partial charge in [-0.25, -0.2) is 9.90 Å². The molecule has 0 saturated carbocycles. The van der Waals surface area contributed by atoms with Gasteiger partial charge in [-0.1, -0.05) is 45.0 Å². The van der Waals surface area contributed by atoms with Crippen molar-refractivity contribution < 1.29 is 34.8 Å². The van der Waals surface area contributed by atoms with E-state index in [0.717, 1.165) is 16.2 Å². The summed E-state index contributed by atoms with van der Waals surface area (Å²) in [5.74, 6) is -0.424. The number of amides is 1. The molecular formula is C19H29NO7. The predicted molar refractivity (Wildman–Crippen MR) is 96.2 cm³/mol. The second-order valence-electron chi connectivity index (χ2n) is 7.81. The molecule has 2 rings (SSSR count). The van der Waals surface area contributed by atoms with E-state index in [-0.39, 0.29) is 12.0 Å². The van der Waals surface area contributed by atoms with E-state index in [4.69, 9.17) is 9.57 Å². The molecule has 8 heteroatoms. The van der Waals surface area contributed by atoms with E-state index in [1.54, 1.807) is 0 Å². The molecule has 0 unspecified atom stereocenters. The summed E-state index contributed by atoms with van der Waals surface area (Å²) < 4.78 is 5.29. The first kappa shape index (κ1) is 21.7. The van der Waals surface area contributed by atoms with E-state index in [2.05, 4.69) is 20.8 Å². The van der Waals surface area contributed by atoms with Crippen molar-refractivity contribution >= 4 is 5.91 Å². The Kier molecular flexibility index (Phi) is 6.96. The number of carbonyl (C=O) groups excluding carboxylic acids is 1. The number of aliphatic hydroxyl groups excluding tert-OH is 4. The van der Waals surface area contributed by atoms with Gasteiger partial charge in [-0.2, -0.15) is 0 Å². The molecule has 0 aromatic heterocycles. The first-order valence-corrected chi connectivity index (χ1v) is 8.89. The topological polar surface area (TPSA) is 120 Å². The second kappa shape index (κ2) is 8.64. The number of rotatable bonds is 5. The smallest absolute Gasteiger partial charge is 0.243 e.